The van der Waals surface area contributed by atoms with E-state index in [0.717, 1.165) is 17.7 Å². The van der Waals surface area contributed by atoms with E-state index in [1.54, 1.807) is 18.2 Å². The average Bonchev–Trinajstić information content (AvgIpc) is 2.30. The normalized spacial score (nSPS) is 14.3. The molecule has 0 saturated carbocycles. The van der Waals surface area contributed by atoms with Crippen LogP contribution in [-0.4, -0.2) is 11.1 Å². The van der Waals surface area contributed by atoms with Crippen molar-refractivity contribution in [1.29, 1.82) is 0 Å². The fourth-order valence-corrected chi connectivity index (χ4v) is 1.55. The molecule has 0 atom stereocenters. The van der Waals surface area contributed by atoms with Gasteiger partial charge in [-0.1, -0.05) is 30.4 Å². The zero-order chi connectivity index (χ0) is 10.7. The van der Waals surface area contributed by atoms with E-state index in [4.69, 9.17) is 5.11 Å². The minimum absolute atomic E-state index is 0.326. The standard InChI is InChI=1S/C12H11NO2/c14-12(15)10-6-2-1-5-9(10)11-7-3-4-8-13-11/h1-2,4-8,13H,3H2,(H,14,15). The maximum atomic E-state index is 11.0. The lowest BCUT2D eigenvalue weighted by atomic mass is 10.0. The van der Waals surface area contributed by atoms with Crippen LogP contribution < -0.4 is 5.32 Å². The molecule has 0 unspecified atom stereocenters. The Morgan fingerprint density at radius 1 is 1.33 bits per heavy atom. The zero-order valence-corrected chi connectivity index (χ0v) is 8.10. The van der Waals surface area contributed by atoms with Gasteiger partial charge in [-0.15, -0.1) is 0 Å². The van der Waals surface area contributed by atoms with Crippen LogP contribution in [0.15, 0.2) is 42.6 Å². The zero-order valence-electron chi connectivity index (χ0n) is 8.10. The molecule has 0 aliphatic carbocycles. The quantitative estimate of drug-likeness (QED) is 0.771. The molecule has 0 fully saturated rings. The molecule has 15 heavy (non-hydrogen) atoms. The Morgan fingerprint density at radius 2 is 2.13 bits per heavy atom. The molecule has 0 saturated heterocycles. The van der Waals surface area contributed by atoms with E-state index in [9.17, 15) is 4.79 Å². The highest BCUT2D eigenvalue weighted by Crippen LogP contribution is 2.19. The van der Waals surface area contributed by atoms with Gasteiger partial charge in [-0.2, -0.15) is 0 Å². The first-order chi connectivity index (χ1) is 7.29. The summed E-state index contributed by atoms with van der Waals surface area (Å²) in [6.07, 6.45) is 6.61. The number of hydrogen-bond donors (Lipinski definition) is 2. The van der Waals surface area contributed by atoms with Crippen molar-refractivity contribution in [2.45, 2.75) is 6.42 Å². The summed E-state index contributed by atoms with van der Waals surface area (Å²) in [6, 6.07) is 6.98. The Bertz CT molecular complexity index is 447. The molecule has 1 aromatic rings. The predicted molar refractivity (Wildman–Crippen MR) is 58.3 cm³/mol. The Hall–Kier alpha value is -2.03. The molecule has 0 spiro atoms. The van der Waals surface area contributed by atoms with E-state index in [1.807, 2.05) is 24.4 Å². The van der Waals surface area contributed by atoms with Crippen LogP contribution in [0.5, 0.6) is 0 Å². The number of aromatic carboxylic acids is 1. The highest BCUT2D eigenvalue weighted by atomic mass is 16.4. The SMILES string of the molecule is O=C(O)c1ccccc1C1=CCC=CN1. The van der Waals surface area contributed by atoms with Crippen molar-refractivity contribution in [3.05, 3.63) is 53.7 Å². The van der Waals surface area contributed by atoms with Gasteiger partial charge >= 0.3 is 5.97 Å². The molecule has 0 radical (unpaired) electrons. The molecular formula is C12H11NO2. The number of allylic oxidation sites excluding steroid dienone is 2. The van der Waals surface area contributed by atoms with Gasteiger partial charge in [0.1, 0.15) is 0 Å². The maximum absolute atomic E-state index is 11.0. The molecule has 0 aromatic heterocycles. The van der Waals surface area contributed by atoms with E-state index >= 15 is 0 Å². The van der Waals surface area contributed by atoms with Crippen molar-refractivity contribution in [1.82, 2.24) is 5.32 Å². The molecule has 1 aliphatic rings. The van der Waals surface area contributed by atoms with Crippen LogP contribution in [0.1, 0.15) is 22.3 Å². The summed E-state index contributed by atoms with van der Waals surface area (Å²) in [5, 5.41) is 12.1. The molecule has 2 N–H and O–H groups in total. The number of carboxylic acids is 1. The number of benzene rings is 1. The van der Waals surface area contributed by atoms with Crippen molar-refractivity contribution in [3.63, 3.8) is 0 Å². The van der Waals surface area contributed by atoms with Crippen LogP contribution in [-0.2, 0) is 0 Å². The highest BCUT2D eigenvalue weighted by Gasteiger charge is 2.12. The number of hydrogen-bond acceptors (Lipinski definition) is 2. The second-order valence-electron chi connectivity index (χ2n) is 3.25. The smallest absolute Gasteiger partial charge is 0.336 e. The predicted octanol–water partition coefficient (Wildman–Crippen LogP) is 2.23. The first-order valence-corrected chi connectivity index (χ1v) is 4.73. The summed E-state index contributed by atoms with van der Waals surface area (Å²) in [4.78, 5) is 11.0. The van der Waals surface area contributed by atoms with E-state index < -0.39 is 5.97 Å². The summed E-state index contributed by atoms with van der Waals surface area (Å²) >= 11 is 0. The van der Waals surface area contributed by atoms with Crippen molar-refractivity contribution in [2.75, 3.05) is 0 Å². The highest BCUT2D eigenvalue weighted by molar-refractivity contribution is 5.94. The number of rotatable bonds is 2. The van der Waals surface area contributed by atoms with Gasteiger partial charge in [0.15, 0.2) is 0 Å². The lowest BCUT2D eigenvalue weighted by Crippen LogP contribution is -2.11. The molecule has 1 aliphatic heterocycles. The van der Waals surface area contributed by atoms with Gasteiger partial charge in [-0.05, 0) is 18.7 Å². The molecule has 2 rings (SSSR count). The lowest BCUT2D eigenvalue weighted by molar-refractivity contribution is 0.0696. The Kier molecular flexibility index (Phi) is 2.54. The van der Waals surface area contributed by atoms with Crippen LogP contribution in [0.25, 0.3) is 5.70 Å². The van der Waals surface area contributed by atoms with Crippen LogP contribution in [0, 0.1) is 0 Å². The molecule has 0 amide bonds. The molecular weight excluding hydrogens is 190 g/mol. The van der Waals surface area contributed by atoms with Crippen molar-refractivity contribution in [3.8, 4) is 0 Å². The Labute approximate surface area is 87.7 Å². The monoisotopic (exact) mass is 201 g/mol. The summed E-state index contributed by atoms with van der Waals surface area (Å²) in [7, 11) is 0. The summed E-state index contributed by atoms with van der Waals surface area (Å²) in [6.45, 7) is 0. The fourth-order valence-electron chi connectivity index (χ4n) is 1.55. The Morgan fingerprint density at radius 3 is 2.80 bits per heavy atom. The van der Waals surface area contributed by atoms with Gasteiger partial charge in [0.25, 0.3) is 0 Å². The van der Waals surface area contributed by atoms with Crippen LogP contribution in [0.3, 0.4) is 0 Å². The third kappa shape index (κ3) is 1.91. The molecule has 3 heteroatoms. The van der Waals surface area contributed by atoms with E-state index in [1.165, 1.54) is 0 Å². The summed E-state index contributed by atoms with van der Waals surface area (Å²) in [5.74, 6) is -0.900. The van der Waals surface area contributed by atoms with Gasteiger partial charge in [0.2, 0.25) is 0 Å². The van der Waals surface area contributed by atoms with Gasteiger partial charge in [0.05, 0.1) is 5.56 Å². The van der Waals surface area contributed by atoms with Crippen LogP contribution >= 0.6 is 0 Å². The summed E-state index contributed by atoms with van der Waals surface area (Å²) < 4.78 is 0. The number of nitrogens with one attached hydrogen (secondary N) is 1. The number of carboxylic acid groups (broad SMARTS) is 1. The largest absolute Gasteiger partial charge is 0.478 e. The van der Waals surface area contributed by atoms with Gasteiger partial charge in [0, 0.05) is 11.3 Å². The topological polar surface area (TPSA) is 49.3 Å². The minimum Gasteiger partial charge on any atom is -0.478 e. The van der Waals surface area contributed by atoms with E-state index in [-0.39, 0.29) is 0 Å². The molecule has 1 heterocycles. The molecule has 76 valence electrons. The maximum Gasteiger partial charge on any atom is 0.336 e. The van der Waals surface area contributed by atoms with Gasteiger partial charge in [-0.25, -0.2) is 4.79 Å². The third-order valence-electron chi connectivity index (χ3n) is 2.26. The Balaban J connectivity index is 2.43. The lowest BCUT2D eigenvalue weighted by Gasteiger charge is -2.13. The minimum atomic E-state index is -0.900. The molecule has 3 nitrogen and oxygen atoms in total. The van der Waals surface area contributed by atoms with Crippen molar-refractivity contribution >= 4 is 11.7 Å². The van der Waals surface area contributed by atoms with Crippen molar-refractivity contribution in [2.24, 2.45) is 0 Å². The molecule has 0 bridgehead atoms. The third-order valence-corrected chi connectivity index (χ3v) is 2.26. The molecule has 1 aromatic carbocycles. The summed E-state index contributed by atoms with van der Waals surface area (Å²) in [5.41, 5.74) is 1.91. The second kappa shape index (κ2) is 4.00. The fraction of sp³-hybridized carbons (Fsp3) is 0.0833. The van der Waals surface area contributed by atoms with Crippen LogP contribution in [0.4, 0.5) is 0 Å². The van der Waals surface area contributed by atoms with E-state index in [0.29, 0.717) is 5.56 Å². The van der Waals surface area contributed by atoms with Gasteiger partial charge < -0.3 is 10.4 Å². The van der Waals surface area contributed by atoms with E-state index in [2.05, 4.69) is 5.32 Å². The van der Waals surface area contributed by atoms with Crippen molar-refractivity contribution < 1.29 is 9.90 Å². The number of dihydropyridines is 1. The average molecular weight is 201 g/mol. The first-order valence-electron chi connectivity index (χ1n) is 4.73. The number of carbonyl (C=O) groups is 1. The first kappa shape index (κ1) is 9.52. The second-order valence-corrected chi connectivity index (χ2v) is 3.25. The van der Waals surface area contributed by atoms with Gasteiger partial charge in [-0.3, -0.25) is 0 Å². The van der Waals surface area contributed by atoms with Crippen LogP contribution in [0.2, 0.25) is 0 Å².